The molecular weight excluding hydrogens is 244 g/mol. The zero-order valence-corrected chi connectivity index (χ0v) is 11.3. The lowest BCUT2D eigenvalue weighted by atomic mass is 10.1. The Kier molecular flexibility index (Phi) is 3.33. The molecule has 102 valence electrons. The van der Waals surface area contributed by atoms with E-state index in [2.05, 4.69) is 27.3 Å². The van der Waals surface area contributed by atoms with Gasteiger partial charge in [-0.3, -0.25) is 5.10 Å². The van der Waals surface area contributed by atoms with Crippen molar-refractivity contribution in [3.8, 4) is 0 Å². The van der Waals surface area contributed by atoms with Crippen LogP contribution in [0.15, 0.2) is 4.52 Å². The third-order valence-corrected chi connectivity index (χ3v) is 3.71. The van der Waals surface area contributed by atoms with Crippen LogP contribution < -0.4 is 0 Å². The number of ether oxygens (including phenoxy) is 1. The zero-order valence-electron chi connectivity index (χ0n) is 11.3. The van der Waals surface area contributed by atoms with Gasteiger partial charge in [0.25, 0.3) is 0 Å². The van der Waals surface area contributed by atoms with Crippen LogP contribution in [0.5, 0.6) is 0 Å². The second-order valence-corrected chi connectivity index (χ2v) is 5.03. The first kappa shape index (κ1) is 12.3. The summed E-state index contributed by atoms with van der Waals surface area (Å²) in [6, 6.07) is 0. The number of H-pyrrole nitrogens is 1. The minimum absolute atomic E-state index is 0.298. The van der Waals surface area contributed by atoms with Gasteiger partial charge in [-0.15, -0.1) is 0 Å². The molecule has 0 amide bonds. The van der Waals surface area contributed by atoms with Crippen molar-refractivity contribution in [3.05, 3.63) is 28.7 Å². The van der Waals surface area contributed by atoms with Crippen LogP contribution >= 0.6 is 0 Å². The molecule has 0 saturated carbocycles. The average Bonchev–Trinajstić information content (AvgIpc) is 3.11. The number of hydrogen-bond acceptors (Lipinski definition) is 5. The standard InChI is InChI=1S/C13H18N4O2/c1-8-9(2)15-16-11(8)3-4-12-14-13(17-19-12)10-5-6-18-7-10/h10H,3-7H2,1-2H3,(H,15,16). The highest BCUT2D eigenvalue weighted by Crippen LogP contribution is 2.22. The van der Waals surface area contributed by atoms with Crippen LogP contribution in [0.4, 0.5) is 0 Å². The molecule has 6 heteroatoms. The first-order chi connectivity index (χ1) is 9.24. The number of hydrogen-bond donors (Lipinski definition) is 1. The highest BCUT2D eigenvalue weighted by Gasteiger charge is 2.23. The van der Waals surface area contributed by atoms with Crippen LogP contribution in [-0.2, 0) is 17.6 Å². The van der Waals surface area contributed by atoms with Gasteiger partial charge in [0, 0.05) is 31.1 Å². The summed E-state index contributed by atoms with van der Waals surface area (Å²) in [4.78, 5) is 4.45. The van der Waals surface area contributed by atoms with Crippen LogP contribution in [0.3, 0.4) is 0 Å². The van der Waals surface area contributed by atoms with E-state index in [0.29, 0.717) is 18.4 Å². The number of rotatable bonds is 4. The molecule has 2 aromatic rings. The molecule has 0 bridgehead atoms. The first-order valence-corrected chi connectivity index (χ1v) is 6.64. The molecule has 1 atom stereocenters. The Bertz CT molecular complexity index is 555. The number of nitrogens with zero attached hydrogens (tertiary/aromatic N) is 3. The SMILES string of the molecule is Cc1[nH]nc(CCc2nc(C3CCOC3)no2)c1C. The van der Waals surface area contributed by atoms with E-state index < -0.39 is 0 Å². The lowest BCUT2D eigenvalue weighted by molar-refractivity contribution is 0.192. The number of aryl methyl sites for hydroxylation is 3. The Morgan fingerprint density at radius 2 is 2.21 bits per heavy atom. The lowest BCUT2D eigenvalue weighted by Crippen LogP contribution is -2.00. The summed E-state index contributed by atoms with van der Waals surface area (Å²) in [5, 5.41) is 11.3. The monoisotopic (exact) mass is 262 g/mol. The van der Waals surface area contributed by atoms with Gasteiger partial charge in [0.1, 0.15) is 0 Å². The van der Waals surface area contributed by atoms with E-state index in [1.165, 1.54) is 5.56 Å². The van der Waals surface area contributed by atoms with Gasteiger partial charge >= 0.3 is 0 Å². The molecule has 1 unspecified atom stereocenters. The molecule has 1 aliphatic rings. The summed E-state index contributed by atoms with van der Waals surface area (Å²) < 4.78 is 10.6. The molecule has 0 aromatic carbocycles. The van der Waals surface area contributed by atoms with Gasteiger partial charge in [0.15, 0.2) is 5.82 Å². The minimum atomic E-state index is 0.298. The van der Waals surface area contributed by atoms with Gasteiger partial charge in [-0.1, -0.05) is 5.16 Å². The normalized spacial score (nSPS) is 19.2. The van der Waals surface area contributed by atoms with Gasteiger partial charge in [0.2, 0.25) is 5.89 Å². The molecule has 3 heterocycles. The fourth-order valence-electron chi connectivity index (χ4n) is 2.28. The summed E-state index contributed by atoms with van der Waals surface area (Å²) in [5.41, 5.74) is 3.40. The molecule has 19 heavy (non-hydrogen) atoms. The fourth-order valence-corrected chi connectivity index (χ4v) is 2.28. The van der Waals surface area contributed by atoms with Crippen molar-refractivity contribution in [2.75, 3.05) is 13.2 Å². The Balaban J connectivity index is 1.62. The summed E-state index contributed by atoms with van der Waals surface area (Å²) in [6.07, 6.45) is 2.53. The first-order valence-electron chi connectivity index (χ1n) is 6.64. The van der Waals surface area contributed by atoms with E-state index in [1.807, 2.05) is 6.92 Å². The van der Waals surface area contributed by atoms with Gasteiger partial charge in [-0.25, -0.2) is 0 Å². The highest BCUT2D eigenvalue weighted by molar-refractivity contribution is 5.22. The summed E-state index contributed by atoms with van der Waals surface area (Å²) >= 11 is 0. The fraction of sp³-hybridized carbons (Fsp3) is 0.615. The third-order valence-electron chi connectivity index (χ3n) is 3.71. The maximum atomic E-state index is 5.33. The van der Waals surface area contributed by atoms with Gasteiger partial charge in [0.05, 0.1) is 12.3 Å². The molecule has 0 aliphatic carbocycles. The lowest BCUT2D eigenvalue weighted by Gasteiger charge is -1.97. The molecule has 0 spiro atoms. The maximum absolute atomic E-state index is 5.33. The average molecular weight is 262 g/mol. The molecule has 1 saturated heterocycles. The van der Waals surface area contributed by atoms with E-state index in [0.717, 1.165) is 43.1 Å². The quantitative estimate of drug-likeness (QED) is 0.907. The Hall–Kier alpha value is -1.69. The van der Waals surface area contributed by atoms with E-state index in [1.54, 1.807) is 0 Å². The minimum Gasteiger partial charge on any atom is -0.381 e. The Morgan fingerprint density at radius 1 is 1.32 bits per heavy atom. The van der Waals surface area contributed by atoms with Crippen molar-refractivity contribution in [3.63, 3.8) is 0 Å². The van der Waals surface area contributed by atoms with Crippen LogP contribution in [0, 0.1) is 13.8 Å². The van der Waals surface area contributed by atoms with Crippen molar-refractivity contribution >= 4 is 0 Å². The van der Waals surface area contributed by atoms with Gasteiger partial charge in [-0.2, -0.15) is 10.1 Å². The Morgan fingerprint density at radius 3 is 2.89 bits per heavy atom. The van der Waals surface area contributed by atoms with Gasteiger partial charge < -0.3 is 9.26 Å². The molecule has 1 N–H and O–H groups in total. The predicted octanol–water partition coefficient (Wildman–Crippen LogP) is 1.70. The third kappa shape index (κ3) is 2.53. The van der Waals surface area contributed by atoms with Crippen LogP contribution in [0.2, 0.25) is 0 Å². The second-order valence-electron chi connectivity index (χ2n) is 5.03. The largest absolute Gasteiger partial charge is 0.381 e. The zero-order chi connectivity index (χ0) is 13.2. The van der Waals surface area contributed by atoms with Gasteiger partial charge in [-0.05, 0) is 25.8 Å². The second kappa shape index (κ2) is 5.13. The van der Waals surface area contributed by atoms with Crippen molar-refractivity contribution in [2.45, 2.75) is 39.0 Å². The van der Waals surface area contributed by atoms with Crippen molar-refractivity contribution in [2.24, 2.45) is 0 Å². The van der Waals surface area contributed by atoms with Crippen molar-refractivity contribution in [1.82, 2.24) is 20.3 Å². The molecule has 1 fully saturated rings. The van der Waals surface area contributed by atoms with Crippen molar-refractivity contribution < 1.29 is 9.26 Å². The molecule has 2 aromatic heterocycles. The van der Waals surface area contributed by atoms with Crippen LogP contribution in [0.1, 0.15) is 41.0 Å². The molecule has 0 radical (unpaired) electrons. The Labute approximate surface area is 111 Å². The highest BCUT2D eigenvalue weighted by atomic mass is 16.5. The smallest absolute Gasteiger partial charge is 0.227 e. The summed E-state index contributed by atoms with van der Waals surface area (Å²) in [6.45, 7) is 5.59. The van der Waals surface area contributed by atoms with E-state index in [9.17, 15) is 0 Å². The number of nitrogens with one attached hydrogen (secondary N) is 1. The molecular formula is C13H18N4O2. The van der Waals surface area contributed by atoms with E-state index in [-0.39, 0.29) is 0 Å². The number of aromatic amines is 1. The summed E-state index contributed by atoms with van der Waals surface area (Å²) in [5.74, 6) is 1.76. The van der Waals surface area contributed by atoms with Crippen molar-refractivity contribution in [1.29, 1.82) is 0 Å². The number of aromatic nitrogens is 4. The molecule has 6 nitrogen and oxygen atoms in total. The molecule has 1 aliphatic heterocycles. The van der Waals surface area contributed by atoms with E-state index >= 15 is 0 Å². The molecule has 3 rings (SSSR count). The van der Waals surface area contributed by atoms with Crippen LogP contribution in [-0.4, -0.2) is 33.6 Å². The predicted molar refractivity (Wildman–Crippen MR) is 67.9 cm³/mol. The van der Waals surface area contributed by atoms with Crippen LogP contribution in [0.25, 0.3) is 0 Å². The summed E-state index contributed by atoms with van der Waals surface area (Å²) in [7, 11) is 0. The topological polar surface area (TPSA) is 76.8 Å². The maximum Gasteiger partial charge on any atom is 0.227 e. The van der Waals surface area contributed by atoms with E-state index in [4.69, 9.17) is 9.26 Å².